The zero-order chi connectivity index (χ0) is 13.2. The predicted octanol–water partition coefficient (Wildman–Crippen LogP) is 3.40. The highest BCUT2D eigenvalue weighted by Crippen LogP contribution is 2.14. The Balaban J connectivity index is 2.43. The van der Waals surface area contributed by atoms with Crippen LogP contribution in [0, 0.1) is 5.92 Å². The maximum Gasteiger partial charge on any atom is 0.122 e. The van der Waals surface area contributed by atoms with E-state index in [9.17, 15) is 0 Å². The molecule has 0 saturated heterocycles. The van der Waals surface area contributed by atoms with Crippen LogP contribution in [-0.4, -0.2) is 18.1 Å². The zero-order valence-corrected chi connectivity index (χ0v) is 11.9. The molecule has 0 fully saturated rings. The van der Waals surface area contributed by atoms with Crippen LogP contribution < -0.4 is 10.1 Å². The van der Waals surface area contributed by atoms with Crippen molar-refractivity contribution in [2.45, 2.75) is 46.6 Å². The average molecular weight is 250 g/mol. The monoisotopic (exact) mass is 250 g/mol. The lowest BCUT2D eigenvalue weighted by atomic mass is 10.1. The third-order valence-corrected chi connectivity index (χ3v) is 3.16. The number of pyridine rings is 1. The summed E-state index contributed by atoms with van der Waals surface area (Å²) >= 11 is 0. The summed E-state index contributed by atoms with van der Waals surface area (Å²) < 4.78 is 5.83. The highest BCUT2D eigenvalue weighted by Gasteiger charge is 2.05. The van der Waals surface area contributed by atoms with Crippen molar-refractivity contribution in [2.75, 3.05) is 13.2 Å². The lowest BCUT2D eigenvalue weighted by molar-refractivity contribution is 0.240. The van der Waals surface area contributed by atoms with E-state index in [1.54, 1.807) is 0 Å². The normalized spacial score (nSPS) is 10.9. The van der Waals surface area contributed by atoms with E-state index in [0.717, 1.165) is 37.6 Å². The van der Waals surface area contributed by atoms with Crippen LogP contribution in [0.5, 0.6) is 5.75 Å². The molecular weight excluding hydrogens is 224 g/mol. The molecule has 3 heteroatoms. The van der Waals surface area contributed by atoms with E-state index in [-0.39, 0.29) is 0 Å². The number of nitrogens with zero attached hydrogens (tertiary/aromatic N) is 1. The number of rotatable bonds is 9. The minimum atomic E-state index is 0.653. The van der Waals surface area contributed by atoms with E-state index >= 15 is 0 Å². The van der Waals surface area contributed by atoms with Crippen molar-refractivity contribution in [2.24, 2.45) is 5.92 Å². The molecule has 0 aromatic carbocycles. The van der Waals surface area contributed by atoms with E-state index < -0.39 is 0 Å². The number of hydrogen-bond acceptors (Lipinski definition) is 3. The van der Waals surface area contributed by atoms with Crippen LogP contribution in [-0.2, 0) is 6.54 Å². The Morgan fingerprint density at radius 2 is 2.06 bits per heavy atom. The molecule has 1 rings (SSSR count). The Morgan fingerprint density at radius 3 is 2.72 bits per heavy atom. The molecule has 3 nitrogen and oxygen atoms in total. The number of hydrogen-bond donors (Lipinski definition) is 1. The van der Waals surface area contributed by atoms with Crippen LogP contribution in [0.2, 0.25) is 0 Å². The van der Waals surface area contributed by atoms with Gasteiger partial charge in [-0.3, -0.25) is 4.98 Å². The van der Waals surface area contributed by atoms with Gasteiger partial charge in [0.25, 0.3) is 0 Å². The smallest absolute Gasteiger partial charge is 0.122 e. The summed E-state index contributed by atoms with van der Waals surface area (Å²) in [6.45, 7) is 9.24. The molecule has 1 heterocycles. The molecule has 0 atom stereocenters. The van der Waals surface area contributed by atoms with Gasteiger partial charge >= 0.3 is 0 Å². The van der Waals surface area contributed by atoms with Gasteiger partial charge in [0, 0.05) is 18.8 Å². The van der Waals surface area contributed by atoms with Gasteiger partial charge in [-0.2, -0.15) is 0 Å². The summed E-state index contributed by atoms with van der Waals surface area (Å²) in [6.07, 6.45) is 5.31. The van der Waals surface area contributed by atoms with Gasteiger partial charge in [-0.1, -0.05) is 33.6 Å². The number of nitrogens with one attached hydrogen (secondary N) is 1. The van der Waals surface area contributed by atoms with Gasteiger partial charge in [0.2, 0.25) is 0 Å². The number of ether oxygens (including phenoxy) is 1. The van der Waals surface area contributed by atoms with Crippen molar-refractivity contribution in [3.05, 3.63) is 24.0 Å². The molecule has 0 bridgehead atoms. The van der Waals surface area contributed by atoms with Gasteiger partial charge in [-0.05, 0) is 24.9 Å². The van der Waals surface area contributed by atoms with E-state index in [2.05, 4.69) is 31.1 Å². The third kappa shape index (κ3) is 5.50. The molecule has 18 heavy (non-hydrogen) atoms. The largest absolute Gasteiger partial charge is 0.493 e. The van der Waals surface area contributed by atoms with Gasteiger partial charge in [0.05, 0.1) is 12.3 Å². The van der Waals surface area contributed by atoms with Gasteiger partial charge in [0.1, 0.15) is 5.75 Å². The lowest BCUT2D eigenvalue weighted by Crippen LogP contribution is -2.15. The van der Waals surface area contributed by atoms with Crippen molar-refractivity contribution in [3.63, 3.8) is 0 Å². The number of aromatic nitrogens is 1. The molecule has 0 aliphatic rings. The quantitative estimate of drug-likeness (QED) is 0.682. The Hall–Kier alpha value is -1.09. The molecular formula is C15H26N2O. The molecule has 0 saturated carbocycles. The second kappa shape index (κ2) is 8.92. The van der Waals surface area contributed by atoms with Crippen LogP contribution in [0.4, 0.5) is 0 Å². The van der Waals surface area contributed by atoms with E-state index in [4.69, 9.17) is 4.74 Å². The van der Waals surface area contributed by atoms with Crippen LogP contribution in [0.15, 0.2) is 18.3 Å². The van der Waals surface area contributed by atoms with Crippen LogP contribution in [0.25, 0.3) is 0 Å². The topological polar surface area (TPSA) is 34.1 Å². The maximum atomic E-state index is 5.83. The second-order valence-corrected chi connectivity index (χ2v) is 4.65. The molecule has 1 aromatic rings. The van der Waals surface area contributed by atoms with Gasteiger partial charge < -0.3 is 10.1 Å². The molecule has 0 amide bonds. The predicted molar refractivity (Wildman–Crippen MR) is 75.8 cm³/mol. The standard InChI is InChI=1S/C15H26N2O/c1-4-8-16-11-14-10-15(7-9-17-14)18-12-13(5-2)6-3/h7,9-10,13,16H,4-6,8,11-12H2,1-3H3. The van der Waals surface area contributed by atoms with Gasteiger partial charge in [-0.15, -0.1) is 0 Å². The Bertz CT molecular complexity index is 324. The molecule has 0 unspecified atom stereocenters. The second-order valence-electron chi connectivity index (χ2n) is 4.65. The highest BCUT2D eigenvalue weighted by molar-refractivity contribution is 5.22. The van der Waals surface area contributed by atoms with Crippen LogP contribution >= 0.6 is 0 Å². The van der Waals surface area contributed by atoms with Crippen molar-refractivity contribution in [1.29, 1.82) is 0 Å². The summed E-state index contributed by atoms with van der Waals surface area (Å²) in [6, 6.07) is 3.97. The van der Waals surface area contributed by atoms with E-state index in [0.29, 0.717) is 5.92 Å². The van der Waals surface area contributed by atoms with Gasteiger partial charge in [0.15, 0.2) is 0 Å². The van der Waals surface area contributed by atoms with Crippen molar-refractivity contribution >= 4 is 0 Å². The maximum absolute atomic E-state index is 5.83. The SMILES string of the molecule is CCCNCc1cc(OCC(CC)CC)ccn1. The Kier molecular flexibility index (Phi) is 7.42. The minimum Gasteiger partial charge on any atom is -0.493 e. The van der Waals surface area contributed by atoms with Crippen LogP contribution in [0.1, 0.15) is 45.7 Å². The molecule has 0 spiro atoms. The molecule has 102 valence electrons. The molecule has 0 aliphatic heterocycles. The van der Waals surface area contributed by atoms with Crippen molar-refractivity contribution in [1.82, 2.24) is 10.3 Å². The fourth-order valence-electron chi connectivity index (χ4n) is 1.77. The first kappa shape index (κ1) is 15.0. The van der Waals surface area contributed by atoms with Gasteiger partial charge in [-0.25, -0.2) is 0 Å². The first-order valence-electron chi connectivity index (χ1n) is 7.08. The highest BCUT2D eigenvalue weighted by atomic mass is 16.5. The summed E-state index contributed by atoms with van der Waals surface area (Å²) in [5.74, 6) is 1.59. The van der Waals surface area contributed by atoms with E-state index in [1.165, 1.54) is 12.8 Å². The lowest BCUT2D eigenvalue weighted by Gasteiger charge is -2.14. The minimum absolute atomic E-state index is 0.653. The molecule has 1 aromatic heterocycles. The Labute approximate surface area is 111 Å². The first-order valence-corrected chi connectivity index (χ1v) is 7.08. The van der Waals surface area contributed by atoms with Crippen LogP contribution in [0.3, 0.4) is 0 Å². The fourth-order valence-corrected chi connectivity index (χ4v) is 1.77. The van der Waals surface area contributed by atoms with Crippen molar-refractivity contribution < 1.29 is 4.74 Å². The summed E-state index contributed by atoms with van der Waals surface area (Å²) in [4.78, 5) is 4.34. The molecule has 0 aliphatic carbocycles. The van der Waals surface area contributed by atoms with E-state index in [1.807, 2.05) is 18.3 Å². The summed E-state index contributed by atoms with van der Waals surface area (Å²) in [7, 11) is 0. The third-order valence-electron chi connectivity index (χ3n) is 3.16. The average Bonchev–Trinajstić information content (AvgIpc) is 2.41. The Morgan fingerprint density at radius 1 is 1.28 bits per heavy atom. The molecule has 0 radical (unpaired) electrons. The molecule has 1 N–H and O–H groups in total. The zero-order valence-electron chi connectivity index (χ0n) is 11.9. The summed E-state index contributed by atoms with van der Waals surface area (Å²) in [5, 5.41) is 3.35. The van der Waals surface area contributed by atoms with Crippen molar-refractivity contribution in [3.8, 4) is 5.75 Å². The first-order chi connectivity index (χ1) is 8.80. The fraction of sp³-hybridized carbons (Fsp3) is 0.667. The summed E-state index contributed by atoms with van der Waals surface area (Å²) in [5.41, 5.74) is 1.05.